The quantitative estimate of drug-likeness (QED) is 0.816. The number of methoxy groups -OCH3 is 1. The van der Waals surface area contributed by atoms with Crippen LogP contribution in [-0.2, 0) is 16.0 Å². The SMILES string of the molecule is COc1ccc(OCC(=O)Nc2ccc(CC(=O)N3CCCC3)cc2)cc1. The number of hydrogen-bond acceptors (Lipinski definition) is 4. The van der Waals surface area contributed by atoms with Crippen molar-refractivity contribution in [2.45, 2.75) is 19.3 Å². The van der Waals surface area contributed by atoms with Crippen LogP contribution in [0.1, 0.15) is 18.4 Å². The van der Waals surface area contributed by atoms with Crippen molar-refractivity contribution in [2.75, 3.05) is 32.1 Å². The zero-order valence-corrected chi connectivity index (χ0v) is 15.4. The zero-order chi connectivity index (χ0) is 19.1. The fourth-order valence-electron chi connectivity index (χ4n) is 2.98. The first-order valence-corrected chi connectivity index (χ1v) is 9.07. The summed E-state index contributed by atoms with van der Waals surface area (Å²) in [6, 6.07) is 14.4. The highest BCUT2D eigenvalue weighted by Gasteiger charge is 2.17. The third kappa shape index (κ3) is 5.48. The van der Waals surface area contributed by atoms with Gasteiger partial charge in [-0.25, -0.2) is 0 Å². The molecule has 3 rings (SSSR count). The lowest BCUT2D eigenvalue weighted by Gasteiger charge is -2.15. The highest BCUT2D eigenvalue weighted by molar-refractivity contribution is 5.92. The number of rotatable bonds is 7. The Kier molecular flexibility index (Phi) is 6.30. The average Bonchev–Trinajstić information content (AvgIpc) is 3.23. The first-order valence-electron chi connectivity index (χ1n) is 9.07. The molecule has 142 valence electrons. The predicted molar refractivity (Wildman–Crippen MR) is 103 cm³/mol. The summed E-state index contributed by atoms with van der Waals surface area (Å²) in [5.74, 6) is 1.25. The van der Waals surface area contributed by atoms with Gasteiger partial charge in [-0.05, 0) is 54.8 Å². The molecule has 27 heavy (non-hydrogen) atoms. The summed E-state index contributed by atoms with van der Waals surface area (Å²) in [4.78, 5) is 26.1. The van der Waals surface area contributed by atoms with Gasteiger partial charge in [-0.15, -0.1) is 0 Å². The molecule has 0 unspecified atom stereocenters. The van der Waals surface area contributed by atoms with Gasteiger partial charge in [-0.2, -0.15) is 0 Å². The van der Waals surface area contributed by atoms with Crippen molar-refractivity contribution in [3.8, 4) is 11.5 Å². The van der Waals surface area contributed by atoms with Gasteiger partial charge >= 0.3 is 0 Å². The highest BCUT2D eigenvalue weighted by atomic mass is 16.5. The van der Waals surface area contributed by atoms with Crippen LogP contribution in [0.5, 0.6) is 11.5 Å². The van der Waals surface area contributed by atoms with Crippen LogP contribution in [0.25, 0.3) is 0 Å². The standard InChI is InChI=1S/C21H24N2O4/c1-26-18-8-10-19(11-9-18)27-15-20(24)22-17-6-4-16(5-7-17)14-21(25)23-12-2-3-13-23/h4-11H,2-3,12-15H2,1H3,(H,22,24). The molecule has 6 heteroatoms. The minimum atomic E-state index is -0.244. The van der Waals surface area contributed by atoms with Crippen LogP contribution in [0.15, 0.2) is 48.5 Å². The molecule has 0 aliphatic carbocycles. The second kappa shape index (κ2) is 9.07. The molecule has 1 saturated heterocycles. The van der Waals surface area contributed by atoms with E-state index in [1.165, 1.54) is 0 Å². The monoisotopic (exact) mass is 368 g/mol. The molecule has 0 aromatic heterocycles. The normalized spacial score (nSPS) is 13.3. The maximum atomic E-state index is 12.2. The van der Waals surface area contributed by atoms with Crippen molar-refractivity contribution in [1.82, 2.24) is 4.90 Å². The molecule has 2 aromatic rings. The lowest BCUT2D eigenvalue weighted by atomic mass is 10.1. The van der Waals surface area contributed by atoms with E-state index in [4.69, 9.17) is 9.47 Å². The van der Waals surface area contributed by atoms with Gasteiger partial charge in [0.25, 0.3) is 5.91 Å². The van der Waals surface area contributed by atoms with Gasteiger partial charge in [-0.3, -0.25) is 9.59 Å². The van der Waals surface area contributed by atoms with E-state index in [-0.39, 0.29) is 18.4 Å². The molecular weight excluding hydrogens is 344 g/mol. The van der Waals surface area contributed by atoms with Crippen molar-refractivity contribution in [3.05, 3.63) is 54.1 Å². The minimum absolute atomic E-state index is 0.0818. The van der Waals surface area contributed by atoms with E-state index in [0.717, 1.165) is 37.2 Å². The summed E-state index contributed by atoms with van der Waals surface area (Å²) in [5.41, 5.74) is 1.62. The van der Waals surface area contributed by atoms with Gasteiger partial charge in [0.2, 0.25) is 5.91 Å². The van der Waals surface area contributed by atoms with Gasteiger partial charge in [0.05, 0.1) is 13.5 Å². The third-order valence-electron chi connectivity index (χ3n) is 4.48. The molecule has 1 aliphatic rings. The fraction of sp³-hybridized carbons (Fsp3) is 0.333. The number of amides is 2. The van der Waals surface area contributed by atoms with Crippen LogP contribution in [0.4, 0.5) is 5.69 Å². The van der Waals surface area contributed by atoms with Gasteiger partial charge < -0.3 is 19.7 Å². The molecule has 0 atom stereocenters. The molecule has 1 N–H and O–H groups in total. The summed E-state index contributed by atoms with van der Waals surface area (Å²) in [5, 5.41) is 2.79. The number of likely N-dealkylation sites (tertiary alicyclic amines) is 1. The van der Waals surface area contributed by atoms with Crippen LogP contribution in [-0.4, -0.2) is 43.5 Å². The van der Waals surface area contributed by atoms with E-state index < -0.39 is 0 Å². The largest absolute Gasteiger partial charge is 0.497 e. The van der Waals surface area contributed by atoms with E-state index >= 15 is 0 Å². The molecule has 1 aliphatic heterocycles. The van der Waals surface area contributed by atoms with Gasteiger partial charge in [0.1, 0.15) is 11.5 Å². The first kappa shape index (κ1) is 18.8. The summed E-state index contributed by atoms with van der Waals surface area (Å²) in [6.45, 7) is 1.64. The Morgan fingerprint density at radius 2 is 1.59 bits per heavy atom. The number of nitrogens with zero attached hydrogens (tertiary/aromatic N) is 1. The summed E-state index contributed by atoms with van der Waals surface area (Å²) in [6.07, 6.45) is 2.58. The van der Waals surface area contributed by atoms with Crippen LogP contribution in [0, 0.1) is 0 Å². The smallest absolute Gasteiger partial charge is 0.262 e. The molecule has 1 heterocycles. The van der Waals surface area contributed by atoms with E-state index in [9.17, 15) is 9.59 Å². The summed E-state index contributed by atoms with van der Waals surface area (Å²) in [7, 11) is 1.59. The maximum Gasteiger partial charge on any atom is 0.262 e. The molecular formula is C21H24N2O4. The Balaban J connectivity index is 1.45. The second-order valence-corrected chi connectivity index (χ2v) is 6.47. The Labute approximate surface area is 159 Å². The lowest BCUT2D eigenvalue weighted by molar-refractivity contribution is -0.129. The summed E-state index contributed by atoms with van der Waals surface area (Å²) < 4.78 is 10.5. The van der Waals surface area contributed by atoms with E-state index in [1.807, 2.05) is 17.0 Å². The van der Waals surface area contributed by atoms with Crippen molar-refractivity contribution in [1.29, 1.82) is 0 Å². The van der Waals surface area contributed by atoms with Crippen LogP contribution in [0.3, 0.4) is 0 Å². The maximum absolute atomic E-state index is 12.2. The lowest BCUT2D eigenvalue weighted by Crippen LogP contribution is -2.29. The summed E-state index contributed by atoms with van der Waals surface area (Å²) >= 11 is 0. The Hall–Kier alpha value is -3.02. The van der Waals surface area contributed by atoms with Crippen LogP contribution >= 0.6 is 0 Å². The third-order valence-corrected chi connectivity index (χ3v) is 4.48. The van der Waals surface area contributed by atoms with Gasteiger partial charge in [0, 0.05) is 18.8 Å². The van der Waals surface area contributed by atoms with Crippen molar-refractivity contribution >= 4 is 17.5 Å². The number of hydrogen-bond donors (Lipinski definition) is 1. The van der Waals surface area contributed by atoms with Crippen LogP contribution < -0.4 is 14.8 Å². The number of carbonyl (C=O) groups excluding carboxylic acids is 2. The van der Waals surface area contributed by atoms with Crippen LogP contribution in [0.2, 0.25) is 0 Å². The average molecular weight is 368 g/mol. The Morgan fingerprint density at radius 1 is 0.963 bits per heavy atom. The fourth-order valence-corrected chi connectivity index (χ4v) is 2.98. The number of benzene rings is 2. The molecule has 2 amide bonds. The van der Waals surface area contributed by atoms with Crippen molar-refractivity contribution in [2.24, 2.45) is 0 Å². The van der Waals surface area contributed by atoms with Crippen molar-refractivity contribution < 1.29 is 19.1 Å². The Bertz CT molecular complexity index is 766. The molecule has 0 spiro atoms. The number of anilines is 1. The topological polar surface area (TPSA) is 67.9 Å². The molecule has 2 aromatic carbocycles. The van der Waals surface area contributed by atoms with Gasteiger partial charge in [-0.1, -0.05) is 12.1 Å². The molecule has 0 radical (unpaired) electrons. The molecule has 0 saturated carbocycles. The predicted octanol–water partition coefficient (Wildman–Crippen LogP) is 2.88. The second-order valence-electron chi connectivity index (χ2n) is 6.47. The number of carbonyl (C=O) groups is 2. The molecule has 0 bridgehead atoms. The van der Waals surface area contributed by atoms with Crippen molar-refractivity contribution in [3.63, 3.8) is 0 Å². The highest BCUT2D eigenvalue weighted by Crippen LogP contribution is 2.17. The first-order chi connectivity index (χ1) is 13.1. The Morgan fingerprint density at radius 3 is 2.22 bits per heavy atom. The van der Waals surface area contributed by atoms with E-state index in [1.54, 1.807) is 43.5 Å². The van der Waals surface area contributed by atoms with E-state index in [0.29, 0.717) is 17.9 Å². The zero-order valence-electron chi connectivity index (χ0n) is 15.4. The minimum Gasteiger partial charge on any atom is -0.497 e. The van der Waals surface area contributed by atoms with Gasteiger partial charge in [0.15, 0.2) is 6.61 Å². The van der Waals surface area contributed by atoms with E-state index in [2.05, 4.69) is 5.32 Å². The number of nitrogens with one attached hydrogen (secondary N) is 1. The molecule has 6 nitrogen and oxygen atoms in total. The molecule has 1 fully saturated rings. The number of ether oxygens (including phenoxy) is 2.